The van der Waals surface area contributed by atoms with Crippen LogP contribution in [0.25, 0.3) is 0 Å². The van der Waals surface area contributed by atoms with Gasteiger partial charge in [0.25, 0.3) is 15.9 Å². The summed E-state index contributed by atoms with van der Waals surface area (Å²) in [5, 5.41) is 2.71. The average molecular weight is 597 g/mol. The van der Waals surface area contributed by atoms with Crippen molar-refractivity contribution >= 4 is 27.6 Å². The van der Waals surface area contributed by atoms with E-state index in [1.165, 1.54) is 35.4 Å². The van der Waals surface area contributed by atoms with Gasteiger partial charge in [-0.3, -0.25) is 4.79 Å². The van der Waals surface area contributed by atoms with Crippen LogP contribution in [-0.2, 0) is 22.0 Å². The van der Waals surface area contributed by atoms with Crippen molar-refractivity contribution in [2.75, 3.05) is 10.0 Å². The summed E-state index contributed by atoms with van der Waals surface area (Å²) in [6.07, 6.45) is 0. The van der Waals surface area contributed by atoms with E-state index in [9.17, 15) is 13.2 Å². The molecule has 2 aromatic heterocycles. The fourth-order valence-corrected chi connectivity index (χ4v) is 5.53. The number of nitrogens with zero attached hydrogens (tertiary/aromatic N) is 2. The molecule has 2 N–H and O–H groups in total. The summed E-state index contributed by atoms with van der Waals surface area (Å²) >= 11 is 0. The predicted molar refractivity (Wildman–Crippen MR) is 165 cm³/mol. The van der Waals surface area contributed by atoms with Crippen LogP contribution in [0.4, 0.5) is 11.6 Å². The van der Waals surface area contributed by atoms with E-state index in [4.69, 9.17) is 9.15 Å². The van der Waals surface area contributed by atoms with Crippen LogP contribution in [-0.4, -0.2) is 24.3 Å². The second-order valence-electron chi connectivity index (χ2n) is 10.6. The second kappa shape index (κ2) is 12.1. The van der Waals surface area contributed by atoms with Crippen LogP contribution in [0, 0.1) is 13.8 Å². The van der Waals surface area contributed by atoms with Gasteiger partial charge >= 0.3 is 0 Å². The van der Waals surface area contributed by atoms with Gasteiger partial charge in [0.15, 0.2) is 5.76 Å². The predicted octanol–water partition coefficient (Wildman–Crippen LogP) is 6.64. The number of aryl methyl sites for hydroxylation is 2. The van der Waals surface area contributed by atoms with Crippen LogP contribution in [0.1, 0.15) is 52.7 Å². The molecule has 0 aliphatic carbocycles. The molecule has 3 aromatic carbocycles. The van der Waals surface area contributed by atoms with Crippen molar-refractivity contribution in [1.29, 1.82) is 0 Å². The maximum atomic E-state index is 12.8. The summed E-state index contributed by atoms with van der Waals surface area (Å²) in [6.45, 7) is 8.03. The minimum Gasteiger partial charge on any atom is -0.486 e. The molecule has 0 aliphatic heterocycles. The molecular formula is C33H32N4O5S. The Hall–Kier alpha value is -4.96. The molecular weight excluding hydrogens is 564 g/mol. The van der Waals surface area contributed by atoms with Gasteiger partial charge in [-0.15, -0.1) is 0 Å². The number of furan rings is 1. The SMILES string of the molecule is Cc1cc(C)nc(NS(=O)(=O)c2ccc(NC(=O)c3ccc(COc4ccc(C(C)(C)c5ccccc5)cc4)o3)cc2)n1. The van der Waals surface area contributed by atoms with E-state index < -0.39 is 15.9 Å². The third kappa shape index (κ3) is 7.10. The monoisotopic (exact) mass is 596 g/mol. The Kier molecular flexibility index (Phi) is 8.31. The molecule has 5 aromatic rings. The van der Waals surface area contributed by atoms with Crippen LogP contribution in [0.15, 0.2) is 106 Å². The van der Waals surface area contributed by atoms with Gasteiger partial charge < -0.3 is 14.5 Å². The molecule has 9 nitrogen and oxygen atoms in total. The van der Waals surface area contributed by atoms with Crippen molar-refractivity contribution in [3.05, 3.63) is 131 Å². The molecule has 0 fully saturated rings. The van der Waals surface area contributed by atoms with Crippen LogP contribution >= 0.6 is 0 Å². The Morgan fingerprint density at radius 1 is 0.837 bits per heavy atom. The lowest BCUT2D eigenvalue weighted by Crippen LogP contribution is -2.18. The molecule has 0 radical (unpaired) electrons. The van der Waals surface area contributed by atoms with E-state index in [2.05, 4.69) is 46.0 Å². The quantitative estimate of drug-likeness (QED) is 0.185. The summed E-state index contributed by atoms with van der Waals surface area (Å²) < 4.78 is 39.5. The number of anilines is 2. The number of ether oxygens (including phenoxy) is 1. The van der Waals surface area contributed by atoms with Crippen LogP contribution in [0.2, 0.25) is 0 Å². The highest BCUT2D eigenvalue weighted by molar-refractivity contribution is 7.92. The van der Waals surface area contributed by atoms with E-state index in [1.807, 2.05) is 42.5 Å². The van der Waals surface area contributed by atoms with E-state index in [0.29, 0.717) is 28.6 Å². The summed E-state index contributed by atoms with van der Waals surface area (Å²) in [5.41, 5.74) is 3.94. The first-order valence-electron chi connectivity index (χ1n) is 13.6. The molecule has 0 saturated carbocycles. The number of rotatable bonds is 10. The number of hydrogen-bond acceptors (Lipinski definition) is 7. The number of benzene rings is 3. The van der Waals surface area contributed by atoms with E-state index in [1.54, 1.807) is 32.0 Å². The third-order valence-corrected chi connectivity index (χ3v) is 8.31. The maximum absolute atomic E-state index is 12.8. The molecule has 0 atom stereocenters. The van der Waals surface area contributed by atoms with E-state index in [0.717, 1.165) is 0 Å². The number of hydrogen-bond donors (Lipinski definition) is 2. The van der Waals surface area contributed by atoms with E-state index in [-0.39, 0.29) is 28.6 Å². The Labute approximate surface area is 251 Å². The fraction of sp³-hybridized carbons (Fsp3) is 0.182. The zero-order chi connectivity index (χ0) is 30.6. The molecule has 0 bridgehead atoms. The molecule has 220 valence electrons. The van der Waals surface area contributed by atoms with Gasteiger partial charge in [0.2, 0.25) is 5.95 Å². The fourth-order valence-electron chi connectivity index (χ4n) is 4.58. The Balaban J connectivity index is 1.16. The van der Waals surface area contributed by atoms with Gasteiger partial charge in [0.1, 0.15) is 18.1 Å². The van der Waals surface area contributed by atoms with Gasteiger partial charge in [-0.05, 0) is 79.6 Å². The lowest BCUT2D eigenvalue weighted by Gasteiger charge is -2.26. The van der Waals surface area contributed by atoms with Crippen molar-refractivity contribution in [3.8, 4) is 5.75 Å². The van der Waals surface area contributed by atoms with Crippen LogP contribution < -0.4 is 14.8 Å². The lowest BCUT2D eigenvalue weighted by molar-refractivity contribution is 0.0992. The Morgan fingerprint density at radius 2 is 1.47 bits per heavy atom. The maximum Gasteiger partial charge on any atom is 0.291 e. The first-order chi connectivity index (χ1) is 20.5. The van der Waals surface area contributed by atoms with Crippen molar-refractivity contribution in [1.82, 2.24) is 9.97 Å². The molecule has 0 saturated heterocycles. The zero-order valence-electron chi connectivity index (χ0n) is 24.3. The molecule has 5 rings (SSSR count). The molecule has 43 heavy (non-hydrogen) atoms. The summed E-state index contributed by atoms with van der Waals surface area (Å²) in [6, 6.07) is 29.0. The Morgan fingerprint density at radius 3 is 2.12 bits per heavy atom. The largest absolute Gasteiger partial charge is 0.486 e. The number of aromatic nitrogens is 2. The first-order valence-corrected chi connectivity index (χ1v) is 15.1. The highest BCUT2D eigenvalue weighted by Gasteiger charge is 2.23. The Bertz CT molecular complexity index is 1810. The minimum absolute atomic E-state index is 0.00218. The normalized spacial score (nSPS) is 11.6. The second-order valence-corrected chi connectivity index (χ2v) is 12.3. The average Bonchev–Trinajstić information content (AvgIpc) is 3.46. The molecule has 1 amide bonds. The van der Waals surface area contributed by atoms with Gasteiger partial charge in [0.05, 0.1) is 4.90 Å². The number of sulfonamides is 1. The molecule has 10 heteroatoms. The standard InChI is InChI=1S/C33H32N4O5S/c1-22-20-23(2)35-32(34-22)37-43(39,40)29-17-12-26(13-18-29)36-31(38)30-19-16-28(42-30)21-41-27-14-10-25(11-15-27)33(3,4)24-8-6-5-7-9-24/h5-20H,21H2,1-4H3,(H,36,38)(H,34,35,37). The van der Waals surface area contributed by atoms with E-state index >= 15 is 0 Å². The number of carbonyl (C=O) groups is 1. The third-order valence-electron chi connectivity index (χ3n) is 6.97. The smallest absolute Gasteiger partial charge is 0.291 e. The molecule has 0 spiro atoms. The summed E-state index contributed by atoms with van der Waals surface area (Å²) in [5.74, 6) is 0.792. The van der Waals surface area contributed by atoms with Gasteiger partial charge in [-0.25, -0.2) is 23.1 Å². The number of carbonyl (C=O) groups excluding carboxylic acids is 1. The van der Waals surface area contributed by atoms with Crippen molar-refractivity contribution < 1.29 is 22.4 Å². The summed E-state index contributed by atoms with van der Waals surface area (Å²) in [7, 11) is -3.91. The van der Waals surface area contributed by atoms with Gasteiger partial charge in [0, 0.05) is 22.5 Å². The minimum atomic E-state index is -3.91. The van der Waals surface area contributed by atoms with Crippen molar-refractivity contribution in [2.45, 2.75) is 44.6 Å². The van der Waals surface area contributed by atoms with Gasteiger partial charge in [-0.1, -0.05) is 56.3 Å². The first kappa shape index (κ1) is 29.5. The van der Waals surface area contributed by atoms with Crippen molar-refractivity contribution in [3.63, 3.8) is 0 Å². The topological polar surface area (TPSA) is 123 Å². The molecule has 0 aliphatic rings. The van der Waals surface area contributed by atoms with Crippen LogP contribution in [0.5, 0.6) is 5.75 Å². The highest BCUT2D eigenvalue weighted by atomic mass is 32.2. The lowest BCUT2D eigenvalue weighted by atomic mass is 9.78. The highest BCUT2D eigenvalue weighted by Crippen LogP contribution is 2.32. The number of nitrogens with one attached hydrogen (secondary N) is 2. The molecule has 0 unspecified atom stereocenters. The van der Waals surface area contributed by atoms with Crippen LogP contribution in [0.3, 0.4) is 0 Å². The molecule has 2 heterocycles. The zero-order valence-corrected chi connectivity index (χ0v) is 25.1. The summed E-state index contributed by atoms with van der Waals surface area (Å²) in [4.78, 5) is 21.0. The van der Waals surface area contributed by atoms with Crippen molar-refractivity contribution in [2.24, 2.45) is 0 Å². The van der Waals surface area contributed by atoms with Gasteiger partial charge in [-0.2, -0.15) is 0 Å². The number of amides is 1.